The molecule has 0 atom stereocenters. The van der Waals surface area contributed by atoms with E-state index in [4.69, 9.17) is 4.74 Å². The van der Waals surface area contributed by atoms with Crippen LogP contribution in [0.5, 0.6) is 5.75 Å². The molecule has 128 valence electrons. The normalized spacial score (nSPS) is 10.5. The largest absolute Gasteiger partial charge is 0.497 e. The van der Waals surface area contributed by atoms with Gasteiger partial charge in [-0.05, 0) is 42.3 Å². The molecular weight excluding hydrogens is 339 g/mol. The summed E-state index contributed by atoms with van der Waals surface area (Å²) in [6, 6.07) is 14.1. The van der Waals surface area contributed by atoms with Gasteiger partial charge in [0.05, 0.1) is 7.11 Å². The van der Waals surface area contributed by atoms with E-state index >= 15 is 0 Å². The maximum absolute atomic E-state index is 13.5. The molecule has 0 fully saturated rings. The quantitative estimate of drug-likeness (QED) is 0.728. The molecule has 1 amide bonds. The van der Waals surface area contributed by atoms with Crippen LogP contribution < -0.4 is 10.1 Å². The van der Waals surface area contributed by atoms with Crippen LogP contribution in [-0.4, -0.2) is 24.5 Å². The van der Waals surface area contributed by atoms with Crippen molar-refractivity contribution in [1.29, 1.82) is 0 Å². The molecule has 0 bridgehead atoms. The van der Waals surface area contributed by atoms with E-state index in [1.54, 1.807) is 30.7 Å². The van der Waals surface area contributed by atoms with Crippen LogP contribution in [0.1, 0.15) is 16.1 Å². The second-order valence-corrected chi connectivity index (χ2v) is 6.22. The van der Waals surface area contributed by atoms with Crippen LogP contribution in [0, 0.1) is 5.82 Å². The number of rotatable bonds is 6. The Morgan fingerprint density at radius 3 is 2.68 bits per heavy atom. The minimum atomic E-state index is -0.257. The van der Waals surface area contributed by atoms with Gasteiger partial charge in [0.25, 0.3) is 5.91 Å². The van der Waals surface area contributed by atoms with Gasteiger partial charge < -0.3 is 10.1 Å². The highest BCUT2D eigenvalue weighted by Crippen LogP contribution is 2.25. The van der Waals surface area contributed by atoms with Gasteiger partial charge in [-0.3, -0.25) is 4.79 Å². The first-order chi connectivity index (χ1) is 12.2. The van der Waals surface area contributed by atoms with Crippen LogP contribution in [0.15, 0.2) is 53.9 Å². The van der Waals surface area contributed by atoms with Crippen molar-refractivity contribution in [1.82, 2.24) is 10.3 Å². The molecule has 0 aliphatic carbocycles. The molecule has 0 aliphatic heterocycles. The standard InChI is InChI=1S/C19H17FN2O2S/c1-24-15-8-6-14(7-9-15)19-22-17(12-25-19)18(23)21-11-10-13-4-2-3-5-16(13)20/h2-9,12H,10-11H2,1H3,(H,21,23). The highest BCUT2D eigenvalue weighted by atomic mass is 32.1. The number of hydrogen-bond acceptors (Lipinski definition) is 4. The summed E-state index contributed by atoms with van der Waals surface area (Å²) < 4.78 is 18.7. The average molecular weight is 356 g/mol. The molecular formula is C19H17FN2O2S. The fourth-order valence-electron chi connectivity index (χ4n) is 2.35. The predicted molar refractivity (Wildman–Crippen MR) is 96.5 cm³/mol. The number of ether oxygens (including phenoxy) is 1. The topological polar surface area (TPSA) is 51.2 Å². The fraction of sp³-hybridized carbons (Fsp3) is 0.158. The van der Waals surface area contributed by atoms with Crippen molar-refractivity contribution in [2.75, 3.05) is 13.7 Å². The van der Waals surface area contributed by atoms with E-state index in [1.807, 2.05) is 24.3 Å². The van der Waals surface area contributed by atoms with Crippen molar-refractivity contribution < 1.29 is 13.9 Å². The third-order valence-corrected chi connectivity index (χ3v) is 4.60. The van der Waals surface area contributed by atoms with Gasteiger partial charge in [0.1, 0.15) is 22.3 Å². The van der Waals surface area contributed by atoms with Gasteiger partial charge in [-0.15, -0.1) is 11.3 Å². The van der Waals surface area contributed by atoms with Crippen LogP contribution in [0.2, 0.25) is 0 Å². The average Bonchev–Trinajstić information content (AvgIpc) is 3.13. The zero-order valence-corrected chi connectivity index (χ0v) is 14.5. The number of nitrogens with one attached hydrogen (secondary N) is 1. The van der Waals surface area contributed by atoms with Gasteiger partial charge in [-0.2, -0.15) is 0 Å². The molecule has 3 aromatic rings. The third kappa shape index (κ3) is 4.22. The summed E-state index contributed by atoms with van der Waals surface area (Å²) >= 11 is 1.40. The highest BCUT2D eigenvalue weighted by molar-refractivity contribution is 7.13. The summed E-state index contributed by atoms with van der Waals surface area (Å²) in [4.78, 5) is 16.6. The number of thiazole rings is 1. The Labute approximate surface area is 149 Å². The lowest BCUT2D eigenvalue weighted by Gasteiger charge is -2.04. The maximum Gasteiger partial charge on any atom is 0.270 e. The Morgan fingerprint density at radius 1 is 1.20 bits per heavy atom. The smallest absolute Gasteiger partial charge is 0.270 e. The first kappa shape index (κ1) is 17.1. The number of aromatic nitrogens is 1. The van der Waals surface area contributed by atoms with E-state index in [0.717, 1.165) is 16.3 Å². The van der Waals surface area contributed by atoms with Gasteiger partial charge in [0, 0.05) is 17.5 Å². The Morgan fingerprint density at radius 2 is 1.96 bits per heavy atom. The molecule has 25 heavy (non-hydrogen) atoms. The molecule has 1 N–H and O–H groups in total. The second kappa shape index (κ2) is 7.90. The van der Waals surface area contributed by atoms with E-state index in [-0.39, 0.29) is 11.7 Å². The summed E-state index contributed by atoms with van der Waals surface area (Å²) in [6.07, 6.45) is 0.438. The highest BCUT2D eigenvalue weighted by Gasteiger charge is 2.12. The molecule has 1 aromatic heterocycles. The van der Waals surface area contributed by atoms with E-state index in [2.05, 4.69) is 10.3 Å². The van der Waals surface area contributed by atoms with Crippen LogP contribution >= 0.6 is 11.3 Å². The van der Waals surface area contributed by atoms with Gasteiger partial charge in [-0.1, -0.05) is 18.2 Å². The lowest BCUT2D eigenvalue weighted by atomic mass is 10.1. The molecule has 0 unspecified atom stereocenters. The number of amides is 1. The fourth-order valence-corrected chi connectivity index (χ4v) is 3.15. The minimum Gasteiger partial charge on any atom is -0.497 e. The lowest BCUT2D eigenvalue weighted by molar-refractivity contribution is 0.0950. The van der Waals surface area contributed by atoms with E-state index in [0.29, 0.717) is 24.2 Å². The molecule has 0 radical (unpaired) electrons. The number of methoxy groups -OCH3 is 1. The Hall–Kier alpha value is -2.73. The van der Waals surface area contributed by atoms with E-state index < -0.39 is 0 Å². The minimum absolute atomic E-state index is 0.257. The molecule has 2 aromatic carbocycles. The van der Waals surface area contributed by atoms with Gasteiger partial charge in [-0.25, -0.2) is 9.37 Å². The van der Waals surface area contributed by atoms with Crippen molar-refractivity contribution in [2.24, 2.45) is 0 Å². The van der Waals surface area contributed by atoms with Crippen molar-refractivity contribution in [2.45, 2.75) is 6.42 Å². The first-order valence-corrected chi connectivity index (χ1v) is 8.67. The molecule has 1 heterocycles. The summed E-state index contributed by atoms with van der Waals surface area (Å²) in [5.41, 5.74) is 1.88. The Balaban J connectivity index is 1.59. The summed E-state index contributed by atoms with van der Waals surface area (Å²) in [7, 11) is 1.61. The number of carbonyl (C=O) groups excluding carboxylic acids is 1. The van der Waals surface area contributed by atoms with Crippen LogP contribution in [-0.2, 0) is 6.42 Å². The zero-order valence-electron chi connectivity index (χ0n) is 13.7. The second-order valence-electron chi connectivity index (χ2n) is 5.36. The summed E-state index contributed by atoms with van der Waals surface area (Å²) in [5, 5.41) is 5.26. The van der Waals surface area contributed by atoms with Gasteiger partial charge >= 0.3 is 0 Å². The van der Waals surface area contributed by atoms with Crippen LogP contribution in [0.25, 0.3) is 10.6 Å². The first-order valence-electron chi connectivity index (χ1n) is 7.79. The molecule has 0 spiro atoms. The number of carbonyl (C=O) groups is 1. The molecule has 0 aliphatic rings. The van der Waals surface area contributed by atoms with E-state index in [1.165, 1.54) is 17.4 Å². The molecule has 3 rings (SSSR count). The number of halogens is 1. The molecule has 0 saturated carbocycles. The van der Waals surface area contributed by atoms with Crippen LogP contribution in [0.4, 0.5) is 4.39 Å². The molecule has 6 heteroatoms. The van der Waals surface area contributed by atoms with Crippen molar-refractivity contribution in [3.8, 4) is 16.3 Å². The van der Waals surface area contributed by atoms with Gasteiger partial charge in [0.2, 0.25) is 0 Å². The van der Waals surface area contributed by atoms with Crippen molar-refractivity contribution >= 4 is 17.2 Å². The van der Waals surface area contributed by atoms with Crippen molar-refractivity contribution in [3.63, 3.8) is 0 Å². The Kier molecular flexibility index (Phi) is 5.40. The summed E-state index contributed by atoms with van der Waals surface area (Å²) in [6.45, 7) is 0.356. The Bertz CT molecular complexity index is 862. The van der Waals surface area contributed by atoms with Crippen LogP contribution in [0.3, 0.4) is 0 Å². The molecule has 4 nitrogen and oxygen atoms in total. The number of hydrogen-bond donors (Lipinski definition) is 1. The maximum atomic E-state index is 13.5. The van der Waals surface area contributed by atoms with Crippen molar-refractivity contribution in [3.05, 3.63) is 71.0 Å². The zero-order chi connectivity index (χ0) is 17.6. The lowest BCUT2D eigenvalue weighted by Crippen LogP contribution is -2.26. The molecule has 0 saturated heterocycles. The predicted octanol–water partition coefficient (Wildman–Crippen LogP) is 3.93. The summed E-state index contributed by atoms with van der Waals surface area (Å²) in [5.74, 6) is 0.256. The third-order valence-electron chi connectivity index (χ3n) is 3.71. The number of benzene rings is 2. The van der Waals surface area contributed by atoms with E-state index in [9.17, 15) is 9.18 Å². The number of nitrogens with zero attached hydrogens (tertiary/aromatic N) is 1. The SMILES string of the molecule is COc1ccc(-c2nc(C(=O)NCCc3ccccc3F)cs2)cc1. The van der Waals surface area contributed by atoms with Gasteiger partial charge in [0.15, 0.2) is 0 Å². The monoisotopic (exact) mass is 356 g/mol.